The molecule has 0 aromatic rings. The van der Waals surface area contributed by atoms with E-state index in [4.69, 9.17) is 9.84 Å². The number of hydrogen-bond donors (Lipinski definition) is 5. The van der Waals surface area contributed by atoms with Crippen molar-refractivity contribution in [3.63, 3.8) is 0 Å². The minimum absolute atomic E-state index is 0.263. The number of rotatable bonds is 7. The highest BCUT2D eigenvalue weighted by Crippen LogP contribution is 2.17. The molecule has 9 nitrogen and oxygen atoms in total. The van der Waals surface area contributed by atoms with Crippen LogP contribution in [0.2, 0.25) is 0 Å². The largest absolute Gasteiger partial charge is 0.450 e. The minimum Gasteiger partial charge on any atom is -0.450 e. The van der Waals surface area contributed by atoms with Crippen LogP contribution in [0.1, 0.15) is 19.3 Å². The maximum Gasteiger partial charge on any atom is 0.338 e. The van der Waals surface area contributed by atoms with Crippen molar-refractivity contribution < 1.29 is 39.9 Å². The van der Waals surface area contributed by atoms with Gasteiger partial charge in [-0.2, -0.15) is 0 Å². The molecule has 5 unspecified atom stereocenters. The first-order valence-corrected chi connectivity index (χ1v) is 7.30. The highest BCUT2D eigenvalue weighted by Gasteiger charge is 2.37. The van der Waals surface area contributed by atoms with E-state index in [2.05, 4.69) is 6.58 Å². The van der Waals surface area contributed by atoms with Crippen LogP contribution in [0, 0.1) is 0 Å². The van der Waals surface area contributed by atoms with Crippen LogP contribution in [-0.4, -0.2) is 86.0 Å². The van der Waals surface area contributed by atoms with E-state index >= 15 is 0 Å². The van der Waals surface area contributed by atoms with Crippen LogP contribution in [0.25, 0.3) is 0 Å². The Kier molecular flexibility index (Phi) is 7.59. The molecule has 1 amide bonds. The molecule has 9 heteroatoms. The molecule has 1 rings (SSSR count). The Labute approximate surface area is 133 Å². The molecule has 5 N–H and O–H groups in total. The van der Waals surface area contributed by atoms with Crippen molar-refractivity contribution in [1.82, 2.24) is 4.90 Å². The molecule has 1 heterocycles. The first-order chi connectivity index (χ1) is 10.8. The third kappa shape index (κ3) is 4.98. The van der Waals surface area contributed by atoms with E-state index in [9.17, 15) is 30.0 Å². The van der Waals surface area contributed by atoms with E-state index in [0.29, 0.717) is 19.4 Å². The lowest BCUT2D eigenvalue weighted by Gasteiger charge is -2.26. The smallest absolute Gasteiger partial charge is 0.338 e. The fourth-order valence-corrected chi connectivity index (χ4v) is 2.19. The molecule has 1 fully saturated rings. The maximum atomic E-state index is 12.1. The van der Waals surface area contributed by atoms with Crippen LogP contribution in [0.5, 0.6) is 0 Å². The highest BCUT2D eigenvalue weighted by molar-refractivity contribution is 5.85. The molecule has 0 spiro atoms. The average molecular weight is 333 g/mol. The van der Waals surface area contributed by atoms with Gasteiger partial charge >= 0.3 is 5.97 Å². The van der Waals surface area contributed by atoms with Gasteiger partial charge in [0.25, 0.3) is 5.91 Å². The van der Waals surface area contributed by atoms with Crippen LogP contribution < -0.4 is 0 Å². The summed E-state index contributed by atoms with van der Waals surface area (Å²) >= 11 is 0. The van der Waals surface area contributed by atoms with Gasteiger partial charge in [-0.25, -0.2) is 4.79 Å². The topological polar surface area (TPSA) is 148 Å². The van der Waals surface area contributed by atoms with Crippen LogP contribution in [0.15, 0.2) is 12.8 Å². The second-order valence-corrected chi connectivity index (χ2v) is 5.31. The van der Waals surface area contributed by atoms with Gasteiger partial charge in [-0.15, -0.1) is 0 Å². The van der Waals surface area contributed by atoms with Gasteiger partial charge in [0.1, 0.15) is 18.3 Å². The zero-order chi connectivity index (χ0) is 17.6. The van der Waals surface area contributed by atoms with E-state index in [-0.39, 0.29) is 6.42 Å². The Bertz CT molecular complexity index is 429. The van der Waals surface area contributed by atoms with Gasteiger partial charge in [-0.3, -0.25) is 4.79 Å². The predicted molar refractivity (Wildman–Crippen MR) is 76.8 cm³/mol. The van der Waals surface area contributed by atoms with Gasteiger partial charge in [0.15, 0.2) is 12.2 Å². The normalized spacial score (nSPS) is 24.3. The Hall–Kier alpha value is -1.52. The molecule has 0 saturated carbocycles. The number of likely N-dealkylation sites (tertiary alicyclic amines) is 1. The predicted octanol–water partition coefficient (Wildman–Crippen LogP) is -2.51. The van der Waals surface area contributed by atoms with Crippen molar-refractivity contribution in [3.05, 3.63) is 12.8 Å². The standard InChI is InChI=1S/C14H23NO8/c1-2-15-6-4-3-5-9(13(15)21)23-14(22)12(20)11(19)10(18)8(17)7-16/h2,8-12,16-20H,1,3-7H2. The summed E-state index contributed by atoms with van der Waals surface area (Å²) in [5.41, 5.74) is 0. The molecule has 0 aromatic heterocycles. The third-order valence-corrected chi connectivity index (χ3v) is 3.65. The summed E-state index contributed by atoms with van der Waals surface area (Å²) in [4.78, 5) is 25.2. The quantitative estimate of drug-likeness (QED) is 0.321. The number of aliphatic hydroxyl groups is 5. The van der Waals surface area contributed by atoms with Gasteiger partial charge in [-0.05, 0) is 25.5 Å². The van der Waals surface area contributed by atoms with E-state index in [1.54, 1.807) is 0 Å². The molecule has 5 atom stereocenters. The van der Waals surface area contributed by atoms with Crippen molar-refractivity contribution in [1.29, 1.82) is 0 Å². The summed E-state index contributed by atoms with van der Waals surface area (Å²) in [5.74, 6) is -1.78. The first kappa shape index (κ1) is 19.5. The fourth-order valence-electron chi connectivity index (χ4n) is 2.19. The third-order valence-electron chi connectivity index (χ3n) is 3.65. The summed E-state index contributed by atoms with van der Waals surface area (Å²) < 4.78 is 4.92. The maximum absolute atomic E-state index is 12.1. The molecular weight excluding hydrogens is 310 g/mol. The zero-order valence-electron chi connectivity index (χ0n) is 12.6. The molecule has 1 aliphatic heterocycles. The molecule has 132 valence electrons. The Morgan fingerprint density at radius 1 is 1.30 bits per heavy atom. The second kappa shape index (κ2) is 8.94. The lowest BCUT2D eigenvalue weighted by molar-refractivity contribution is -0.178. The number of esters is 1. The SMILES string of the molecule is C=CN1CCCCC(OC(=O)C(O)C(O)C(O)C(O)CO)C1=O. The molecular formula is C14H23NO8. The van der Waals surface area contributed by atoms with Crippen LogP contribution in [-0.2, 0) is 14.3 Å². The monoisotopic (exact) mass is 333 g/mol. The lowest BCUT2D eigenvalue weighted by Crippen LogP contribution is -2.50. The Morgan fingerprint density at radius 3 is 2.52 bits per heavy atom. The molecule has 23 heavy (non-hydrogen) atoms. The summed E-state index contributed by atoms with van der Waals surface area (Å²) in [6, 6.07) is 0. The van der Waals surface area contributed by atoms with Crippen LogP contribution in [0.3, 0.4) is 0 Å². The van der Waals surface area contributed by atoms with E-state index < -0.39 is 49.0 Å². The van der Waals surface area contributed by atoms with Crippen molar-refractivity contribution in [3.8, 4) is 0 Å². The molecule has 1 aliphatic rings. The van der Waals surface area contributed by atoms with Crippen molar-refractivity contribution in [2.45, 2.75) is 49.8 Å². The fraction of sp³-hybridized carbons (Fsp3) is 0.714. The van der Waals surface area contributed by atoms with E-state index in [1.807, 2.05) is 0 Å². The number of hydrogen-bond acceptors (Lipinski definition) is 8. The van der Waals surface area contributed by atoms with Gasteiger partial charge < -0.3 is 35.2 Å². The van der Waals surface area contributed by atoms with Crippen LogP contribution >= 0.6 is 0 Å². The van der Waals surface area contributed by atoms with Crippen molar-refractivity contribution in [2.75, 3.05) is 13.2 Å². The van der Waals surface area contributed by atoms with Crippen molar-refractivity contribution >= 4 is 11.9 Å². The average Bonchev–Trinajstić information content (AvgIpc) is 2.73. The van der Waals surface area contributed by atoms with Gasteiger partial charge in [-0.1, -0.05) is 6.58 Å². The summed E-state index contributed by atoms with van der Waals surface area (Å²) in [7, 11) is 0. The summed E-state index contributed by atoms with van der Waals surface area (Å²) in [5, 5.41) is 46.7. The van der Waals surface area contributed by atoms with E-state index in [1.165, 1.54) is 11.1 Å². The molecule has 0 radical (unpaired) electrons. The zero-order valence-corrected chi connectivity index (χ0v) is 12.6. The first-order valence-electron chi connectivity index (χ1n) is 7.30. The number of carbonyl (C=O) groups excluding carboxylic acids is 2. The Morgan fingerprint density at radius 2 is 1.96 bits per heavy atom. The van der Waals surface area contributed by atoms with Gasteiger partial charge in [0.2, 0.25) is 0 Å². The van der Waals surface area contributed by atoms with Gasteiger partial charge in [0, 0.05) is 6.54 Å². The molecule has 0 aromatic carbocycles. The molecule has 0 bridgehead atoms. The summed E-state index contributed by atoms with van der Waals surface area (Å²) in [6.45, 7) is 3.08. The number of ether oxygens (including phenoxy) is 1. The van der Waals surface area contributed by atoms with Crippen LogP contribution in [0.4, 0.5) is 0 Å². The van der Waals surface area contributed by atoms with E-state index in [0.717, 1.165) is 0 Å². The van der Waals surface area contributed by atoms with Gasteiger partial charge in [0.05, 0.1) is 6.61 Å². The second-order valence-electron chi connectivity index (χ2n) is 5.31. The number of amides is 1. The Balaban J connectivity index is 2.69. The highest BCUT2D eigenvalue weighted by atomic mass is 16.6. The number of nitrogens with zero attached hydrogens (tertiary/aromatic N) is 1. The minimum atomic E-state index is -2.17. The number of carbonyl (C=O) groups is 2. The van der Waals surface area contributed by atoms with Crippen molar-refractivity contribution in [2.24, 2.45) is 0 Å². The molecule has 1 saturated heterocycles. The number of aliphatic hydroxyl groups excluding tert-OH is 5. The summed E-state index contributed by atoms with van der Waals surface area (Å²) in [6.07, 6.45) is -6.12. The lowest BCUT2D eigenvalue weighted by atomic mass is 10.0. The molecule has 0 aliphatic carbocycles.